The van der Waals surface area contributed by atoms with Crippen molar-refractivity contribution in [3.05, 3.63) is 100 Å². The van der Waals surface area contributed by atoms with Crippen LogP contribution in [-0.4, -0.2) is 5.91 Å². The molecule has 0 aliphatic carbocycles. The standard InChI is InChI=1S/C22H13F2NO2S/c23-15-9-5-13(6-10-15)19-20(26)17-3-1-2-4-18(17)28-22(19)25-21(27)14-7-11-16(24)12-8-14/h1-12H,(H,25,27). The number of hydrogen-bond donors (Lipinski definition) is 1. The van der Waals surface area contributed by atoms with Gasteiger partial charge in [-0.05, 0) is 54.1 Å². The molecule has 3 nitrogen and oxygen atoms in total. The molecule has 0 unspecified atom stereocenters. The maximum absolute atomic E-state index is 13.3. The van der Waals surface area contributed by atoms with E-state index in [0.717, 1.165) is 0 Å². The lowest BCUT2D eigenvalue weighted by Gasteiger charge is -2.12. The minimum Gasteiger partial charge on any atom is -0.313 e. The van der Waals surface area contributed by atoms with Gasteiger partial charge in [-0.2, -0.15) is 0 Å². The minimum absolute atomic E-state index is 0.254. The molecule has 4 aromatic rings. The van der Waals surface area contributed by atoms with Crippen LogP contribution in [0.3, 0.4) is 0 Å². The number of benzene rings is 3. The summed E-state index contributed by atoms with van der Waals surface area (Å²) in [6.45, 7) is 0. The molecular weight excluding hydrogens is 380 g/mol. The topological polar surface area (TPSA) is 46.2 Å². The predicted molar refractivity (Wildman–Crippen MR) is 108 cm³/mol. The minimum atomic E-state index is -0.464. The zero-order valence-electron chi connectivity index (χ0n) is 14.4. The number of rotatable bonds is 3. The zero-order chi connectivity index (χ0) is 19.7. The van der Waals surface area contributed by atoms with E-state index < -0.39 is 17.5 Å². The maximum atomic E-state index is 13.3. The number of carbonyl (C=O) groups is 1. The monoisotopic (exact) mass is 393 g/mol. The highest BCUT2D eigenvalue weighted by Crippen LogP contribution is 2.33. The van der Waals surface area contributed by atoms with Crippen LogP contribution in [-0.2, 0) is 0 Å². The van der Waals surface area contributed by atoms with E-state index in [2.05, 4.69) is 5.32 Å². The molecule has 1 amide bonds. The Morgan fingerprint density at radius 2 is 1.43 bits per heavy atom. The van der Waals surface area contributed by atoms with Crippen molar-refractivity contribution in [3.8, 4) is 11.1 Å². The number of carbonyl (C=O) groups excluding carboxylic acids is 1. The lowest BCUT2D eigenvalue weighted by Crippen LogP contribution is -2.15. The molecule has 4 rings (SSSR count). The highest BCUT2D eigenvalue weighted by atomic mass is 32.1. The molecule has 0 bridgehead atoms. The van der Waals surface area contributed by atoms with Crippen molar-refractivity contribution in [2.75, 3.05) is 5.32 Å². The molecule has 6 heteroatoms. The van der Waals surface area contributed by atoms with Crippen molar-refractivity contribution >= 4 is 32.3 Å². The smallest absolute Gasteiger partial charge is 0.256 e. The first kappa shape index (κ1) is 18.0. The highest BCUT2D eigenvalue weighted by molar-refractivity contribution is 7.22. The van der Waals surface area contributed by atoms with Gasteiger partial charge in [0.05, 0.1) is 5.56 Å². The first-order valence-corrected chi connectivity index (χ1v) is 9.23. The Balaban J connectivity index is 1.87. The molecule has 1 aromatic heterocycles. The van der Waals surface area contributed by atoms with E-state index in [0.29, 0.717) is 26.2 Å². The molecule has 1 N–H and O–H groups in total. The van der Waals surface area contributed by atoms with Gasteiger partial charge in [-0.1, -0.05) is 24.3 Å². The van der Waals surface area contributed by atoms with Crippen LogP contribution in [0.25, 0.3) is 21.2 Å². The van der Waals surface area contributed by atoms with Crippen molar-refractivity contribution < 1.29 is 13.6 Å². The number of amides is 1. The van der Waals surface area contributed by atoms with Gasteiger partial charge in [0.2, 0.25) is 0 Å². The van der Waals surface area contributed by atoms with Crippen LogP contribution in [0.15, 0.2) is 77.6 Å². The van der Waals surface area contributed by atoms with Crippen molar-refractivity contribution in [2.45, 2.75) is 0 Å². The molecule has 0 aliphatic heterocycles. The Labute approximate surface area is 162 Å². The second-order valence-corrected chi connectivity index (χ2v) is 7.15. The third-order valence-corrected chi connectivity index (χ3v) is 5.35. The summed E-state index contributed by atoms with van der Waals surface area (Å²) in [5, 5.41) is 3.63. The second kappa shape index (κ2) is 7.32. The fourth-order valence-electron chi connectivity index (χ4n) is 2.89. The number of nitrogens with one attached hydrogen (secondary N) is 1. The Hall–Kier alpha value is -3.38. The summed E-state index contributed by atoms with van der Waals surface area (Å²) in [5.41, 5.74) is 0.802. The summed E-state index contributed by atoms with van der Waals surface area (Å²) in [5.74, 6) is -1.33. The molecule has 0 radical (unpaired) electrons. The Morgan fingerprint density at radius 3 is 2.11 bits per heavy atom. The Morgan fingerprint density at radius 1 is 0.821 bits per heavy atom. The number of halogens is 2. The van der Waals surface area contributed by atoms with Gasteiger partial charge in [0, 0.05) is 15.6 Å². The first-order chi connectivity index (χ1) is 13.5. The SMILES string of the molecule is O=C(Nc1sc2ccccc2c(=O)c1-c1ccc(F)cc1)c1ccc(F)cc1. The summed E-state index contributed by atoms with van der Waals surface area (Å²) in [6, 6.07) is 17.7. The average molecular weight is 393 g/mol. The van der Waals surface area contributed by atoms with Crippen LogP contribution in [0, 0.1) is 11.6 Å². The van der Waals surface area contributed by atoms with Crippen molar-refractivity contribution in [3.63, 3.8) is 0 Å². The Kier molecular flexibility index (Phi) is 4.71. The van der Waals surface area contributed by atoms with E-state index in [1.807, 2.05) is 0 Å². The molecule has 138 valence electrons. The van der Waals surface area contributed by atoms with Crippen molar-refractivity contribution in [2.24, 2.45) is 0 Å². The number of hydrogen-bond acceptors (Lipinski definition) is 3. The van der Waals surface area contributed by atoms with Gasteiger partial charge in [0.25, 0.3) is 5.91 Å². The van der Waals surface area contributed by atoms with Crippen molar-refractivity contribution in [1.29, 1.82) is 0 Å². The van der Waals surface area contributed by atoms with Crippen LogP contribution >= 0.6 is 11.3 Å². The molecule has 0 atom stereocenters. The number of fused-ring (bicyclic) bond motifs is 1. The van der Waals surface area contributed by atoms with Crippen molar-refractivity contribution in [1.82, 2.24) is 0 Å². The van der Waals surface area contributed by atoms with Gasteiger partial charge >= 0.3 is 0 Å². The average Bonchev–Trinajstić information content (AvgIpc) is 2.70. The molecule has 0 saturated heterocycles. The van der Waals surface area contributed by atoms with Crippen LogP contribution < -0.4 is 10.7 Å². The second-order valence-electron chi connectivity index (χ2n) is 6.10. The zero-order valence-corrected chi connectivity index (χ0v) is 15.2. The van der Waals surface area contributed by atoms with E-state index >= 15 is 0 Å². The predicted octanol–water partition coefficient (Wildman–Crippen LogP) is 5.46. The maximum Gasteiger partial charge on any atom is 0.256 e. The summed E-state index contributed by atoms with van der Waals surface area (Å²) < 4.78 is 27.2. The van der Waals surface area contributed by atoms with Crippen LogP contribution in [0.5, 0.6) is 0 Å². The third-order valence-electron chi connectivity index (χ3n) is 4.26. The highest BCUT2D eigenvalue weighted by Gasteiger charge is 2.17. The van der Waals surface area contributed by atoms with E-state index in [1.165, 1.54) is 59.9 Å². The lowest BCUT2D eigenvalue weighted by atomic mass is 10.1. The first-order valence-electron chi connectivity index (χ1n) is 8.41. The molecular formula is C22H13F2NO2S. The fourth-order valence-corrected chi connectivity index (χ4v) is 3.98. The van der Waals surface area contributed by atoms with Gasteiger partial charge in [-0.15, -0.1) is 11.3 Å². The fraction of sp³-hybridized carbons (Fsp3) is 0. The van der Waals surface area contributed by atoms with E-state index in [-0.39, 0.29) is 11.0 Å². The molecule has 0 fully saturated rings. The van der Waals surface area contributed by atoms with E-state index in [4.69, 9.17) is 0 Å². The van der Waals surface area contributed by atoms with Gasteiger partial charge in [-0.3, -0.25) is 9.59 Å². The molecule has 0 saturated carbocycles. The lowest BCUT2D eigenvalue weighted by molar-refractivity contribution is 0.102. The normalized spacial score (nSPS) is 10.8. The summed E-state index contributed by atoms with van der Waals surface area (Å²) in [6.07, 6.45) is 0. The summed E-state index contributed by atoms with van der Waals surface area (Å²) >= 11 is 1.25. The van der Waals surface area contributed by atoms with Crippen LogP contribution in [0.1, 0.15) is 10.4 Å². The van der Waals surface area contributed by atoms with Crippen LogP contribution in [0.2, 0.25) is 0 Å². The molecule has 3 aromatic carbocycles. The van der Waals surface area contributed by atoms with Crippen LogP contribution in [0.4, 0.5) is 13.8 Å². The quantitative estimate of drug-likeness (QED) is 0.502. The van der Waals surface area contributed by atoms with Gasteiger partial charge in [0.15, 0.2) is 5.43 Å². The summed E-state index contributed by atoms with van der Waals surface area (Å²) in [7, 11) is 0. The van der Waals surface area contributed by atoms with E-state index in [9.17, 15) is 18.4 Å². The Bertz CT molecular complexity index is 1230. The van der Waals surface area contributed by atoms with Gasteiger partial charge in [-0.25, -0.2) is 8.78 Å². The van der Waals surface area contributed by atoms with E-state index in [1.54, 1.807) is 24.3 Å². The molecule has 28 heavy (non-hydrogen) atoms. The summed E-state index contributed by atoms with van der Waals surface area (Å²) in [4.78, 5) is 25.7. The van der Waals surface area contributed by atoms with Gasteiger partial charge in [0.1, 0.15) is 16.6 Å². The number of anilines is 1. The molecule has 1 heterocycles. The largest absolute Gasteiger partial charge is 0.313 e. The molecule has 0 aliphatic rings. The third kappa shape index (κ3) is 3.42. The molecule has 0 spiro atoms. The van der Waals surface area contributed by atoms with Gasteiger partial charge < -0.3 is 5.32 Å².